The van der Waals surface area contributed by atoms with E-state index in [1.54, 1.807) is 5.56 Å². The molecule has 1 aromatic carbocycles. The Morgan fingerprint density at radius 2 is 1.95 bits per heavy atom. The van der Waals surface area contributed by atoms with Crippen LogP contribution < -0.4 is 10.2 Å². The highest BCUT2D eigenvalue weighted by Gasteiger charge is 2.42. The number of hydrogen-bond donors (Lipinski definition) is 1. The van der Waals surface area contributed by atoms with Crippen LogP contribution in [0.4, 0.5) is 11.8 Å². The van der Waals surface area contributed by atoms with E-state index in [4.69, 9.17) is 4.98 Å². The van der Waals surface area contributed by atoms with Crippen molar-refractivity contribution in [2.45, 2.75) is 37.3 Å². The van der Waals surface area contributed by atoms with Gasteiger partial charge in [0.2, 0.25) is 5.95 Å². The number of rotatable bonds is 3. The third kappa shape index (κ3) is 1.82. The lowest BCUT2D eigenvalue weighted by Crippen LogP contribution is -2.28. The molecule has 0 amide bonds. The first kappa shape index (κ1) is 11.5. The molecule has 1 aromatic heterocycles. The van der Waals surface area contributed by atoms with Gasteiger partial charge in [-0.25, -0.2) is 4.98 Å². The molecule has 2 bridgehead atoms. The van der Waals surface area contributed by atoms with Crippen LogP contribution in [0.3, 0.4) is 0 Å². The molecule has 1 N–H and O–H groups in total. The lowest BCUT2D eigenvalue weighted by atomic mass is 9.99. The van der Waals surface area contributed by atoms with E-state index in [1.165, 1.54) is 24.8 Å². The van der Waals surface area contributed by atoms with Gasteiger partial charge in [0.15, 0.2) is 0 Å². The van der Waals surface area contributed by atoms with Crippen LogP contribution in [0.15, 0.2) is 36.5 Å². The summed E-state index contributed by atoms with van der Waals surface area (Å²) in [6.45, 7) is 1.08. The third-order valence-electron chi connectivity index (χ3n) is 4.94. The SMILES string of the molecule is c1ccc2c(c1)[C@H]1C[C@H]2N(c2ccnc(NC3CC3)n2)C1. The summed E-state index contributed by atoms with van der Waals surface area (Å²) in [5.41, 5.74) is 3.04. The molecule has 2 aromatic rings. The van der Waals surface area contributed by atoms with Gasteiger partial charge in [-0.2, -0.15) is 4.98 Å². The van der Waals surface area contributed by atoms with Gasteiger partial charge in [-0.3, -0.25) is 0 Å². The maximum atomic E-state index is 4.73. The van der Waals surface area contributed by atoms with Crippen LogP contribution in [-0.4, -0.2) is 22.6 Å². The molecule has 0 radical (unpaired) electrons. The molecule has 5 rings (SSSR count). The Kier molecular flexibility index (Phi) is 2.31. The van der Waals surface area contributed by atoms with Crippen molar-refractivity contribution in [3.8, 4) is 0 Å². The van der Waals surface area contributed by atoms with E-state index >= 15 is 0 Å². The second kappa shape index (κ2) is 4.20. The Morgan fingerprint density at radius 1 is 1.10 bits per heavy atom. The smallest absolute Gasteiger partial charge is 0.224 e. The monoisotopic (exact) mass is 278 g/mol. The zero-order valence-electron chi connectivity index (χ0n) is 11.9. The Morgan fingerprint density at radius 3 is 2.81 bits per heavy atom. The molecule has 2 aliphatic carbocycles. The number of benzene rings is 1. The standard InChI is InChI=1S/C17H18N4/c1-2-4-14-13(3-1)11-9-15(14)21(10-11)16-7-8-18-17(20-16)19-12-5-6-12/h1-4,7-8,11-12,15H,5-6,9-10H2,(H,18,19,20)/t11-,15+/m0/s1. The molecule has 1 aliphatic heterocycles. The maximum absolute atomic E-state index is 4.73. The van der Waals surface area contributed by atoms with Crippen LogP contribution in [-0.2, 0) is 0 Å². The molecular formula is C17H18N4. The van der Waals surface area contributed by atoms with Crippen molar-refractivity contribution < 1.29 is 0 Å². The summed E-state index contributed by atoms with van der Waals surface area (Å²) in [5, 5.41) is 3.39. The molecule has 4 heteroatoms. The molecule has 1 saturated carbocycles. The van der Waals surface area contributed by atoms with Crippen molar-refractivity contribution >= 4 is 11.8 Å². The minimum absolute atomic E-state index is 0.495. The van der Waals surface area contributed by atoms with Gasteiger partial charge >= 0.3 is 0 Å². The third-order valence-corrected chi connectivity index (χ3v) is 4.94. The molecule has 2 atom stereocenters. The predicted octanol–water partition coefficient (Wildman–Crippen LogP) is 3.10. The van der Waals surface area contributed by atoms with E-state index in [-0.39, 0.29) is 0 Å². The van der Waals surface area contributed by atoms with Crippen molar-refractivity contribution in [3.63, 3.8) is 0 Å². The number of nitrogens with one attached hydrogen (secondary N) is 1. The molecular weight excluding hydrogens is 260 g/mol. The van der Waals surface area contributed by atoms with E-state index in [0.29, 0.717) is 18.0 Å². The highest BCUT2D eigenvalue weighted by molar-refractivity contribution is 5.54. The summed E-state index contributed by atoms with van der Waals surface area (Å²) < 4.78 is 0. The first-order valence-corrected chi connectivity index (χ1v) is 7.83. The molecule has 1 saturated heterocycles. The van der Waals surface area contributed by atoms with Crippen molar-refractivity contribution in [1.82, 2.24) is 9.97 Å². The number of aromatic nitrogens is 2. The minimum Gasteiger partial charge on any atom is -0.351 e. The van der Waals surface area contributed by atoms with Gasteiger partial charge in [-0.1, -0.05) is 24.3 Å². The minimum atomic E-state index is 0.495. The summed E-state index contributed by atoms with van der Waals surface area (Å²) in [7, 11) is 0. The van der Waals surface area contributed by atoms with Crippen LogP contribution in [0.1, 0.15) is 42.3 Å². The lowest BCUT2D eigenvalue weighted by molar-refractivity contribution is 0.729. The molecule has 0 spiro atoms. The molecule has 2 fully saturated rings. The van der Waals surface area contributed by atoms with Crippen LogP contribution in [0.5, 0.6) is 0 Å². The summed E-state index contributed by atoms with van der Waals surface area (Å²) in [5.74, 6) is 2.52. The zero-order chi connectivity index (χ0) is 13.8. The number of nitrogens with zero attached hydrogens (tertiary/aromatic N) is 3. The van der Waals surface area contributed by atoms with Gasteiger partial charge in [-0.05, 0) is 36.5 Å². The van der Waals surface area contributed by atoms with E-state index in [1.807, 2.05) is 12.3 Å². The average molecular weight is 278 g/mol. The van der Waals surface area contributed by atoms with Crippen molar-refractivity contribution in [2.75, 3.05) is 16.8 Å². The Bertz CT molecular complexity index is 695. The fraction of sp³-hybridized carbons (Fsp3) is 0.412. The van der Waals surface area contributed by atoms with E-state index in [2.05, 4.69) is 39.5 Å². The number of fused-ring (bicyclic) bond motifs is 5. The van der Waals surface area contributed by atoms with Crippen LogP contribution in [0.25, 0.3) is 0 Å². The number of hydrogen-bond acceptors (Lipinski definition) is 4. The Balaban J connectivity index is 1.47. The molecule has 0 unspecified atom stereocenters. The van der Waals surface area contributed by atoms with Crippen LogP contribution >= 0.6 is 0 Å². The first-order valence-electron chi connectivity index (χ1n) is 7.83. The summed E-state index contributed by atoms with van der Waals surface area (Å²) in [4.78, 5) is 11.5. The quantitative estimate of drug-likeness (QED) is 0.936. The molecule has 21 heavy (non-hydrogen) atoms. The van der Waals surface area contributed by atoms with Gasteiger partial charge in [0, 0.05) is 24.7 Å². The normalized spacial score (nSPS) is 26.0. The van der Waals surface area contributed by atoms with E-state index in [9.17, 15) is 0 Å². The van der Waals surface area contributed by atoms with Gasteiger partial charge in [0.25, 0.3) is 0 Å². The Labute approximate surface area is 124 Å². The summed E-state index contributed by atoms with van der Waals surface area (Å²) >= 11 is 0. The first-order chi connectivity index (χ1) is 10.4. The predicted molar refractivity (Wildman–Crippen MR) is 82.6 cm³/mol. The van der Waals surface area contributed by atoms with E-state index < -0.39 is 0 Å². The highest BCUT2D eigenvalue weighted by Crippen LogP contribution is 2.51. The summed E-state index contributed by atoms with van der Waals surface area (Å²) in [6, 6.07) is 12.0. The number of anilines is 2. The molecule has 2 heterocycles. The van der Waals surface area contributed by atoms with Gasteiger partial charge < -0.3 is 10.2 Å². The van der Waals surface area contributed by atoms with Crippen molar-refractivity contribution in [2.24, 2.45) is 0 Å². The molecule has 106 valence electrons. The van der Waals surface area contributed by atoms with Crippen LogP contribution in [0.2, 0.25) is 0 Å². The fourth-order valence-electron chi connectivity index (χ4n) is 3.78. The zero-order valence-corrected chi connectivity index (χ0v) is 11.9. The van der Waals surface area contributed by atoms with Crippen molar-refractivity contribution in [1.29, 1.82) is 0 Å². The van der Waals surface area contributed by atoms with Crippen molar-refractivity contribution in [3.05, 3.63) is 47.7 Å². The fourth-order valence-corrected chi connectivity index (χ4v) is 3.78. The van der Waals surface area contributed by atoms with Gasteiger partial charge in [0.1, 0.15) is 5.82 Å². The van der Waals surface area contributed by atoms with Crippen LogP contribution in [0, 0.1) is 0 Å². The van der Waals surface area contributed by atoms with Gasteiger partial charge in [0.05, 0.1) is 6.04 Å². The molecule has 4 nitrogen and oxygen atoms in total. The second-order valence-corrected chi connectivity index (χ2v) is 6.39. The summed E-state index contributed by atoms with van der Waals surface area (Å²) in [6.07, 6.45) is 5.60. The molecule has 3 aliphatic rings. The van der Waals surface area contributed by atoms with E-state index in [0.717, 1.165) is 18.3 Å². The Hall–Kier alpha value is -2.10. The second-order valence-electron chi connectivity index (χ2n) is 6.39. The van der Waals surface area contributed by atoms with Gasteiger partial charge in [-0.15, -0.1) is 0 Å². The maximum Gasteiger partial charge on any atom is 0.224 e. The average Bonchev–Trinajstić information content (AvgIpc) is 3.13. The topological polar surface area (TPSA) is 41.1 Å². The highest BCUT2D eigenvalue weighted by atomic mass is 15.3. The lowest BCUT2D eigenvalue weighted by Gasteiger charge is -2.30. The largest absolute Gasteiger partial charge is 0.351 e.